The molecule has 1 aliphatic rings. The maximum atomic E-state index is 5.79. The van der Waals surface area contributed by atoms with Crippen LogP contribution in [0.3, 0.4) is 0 Å². The van der Waals surface area contributed by atoms with Crippen molar-refractivity contribution in [1.29, 1.82) is 0 Å². The SMILES string of the molecule is CC(C)CNCc1ccc(OCC2CCOC2)cc1. The molecule has 1 unspecified atom stereocenters. The fourth-order valence-corrected chi connectivity index (χ4v) is 2.14. The molecular formula is C16H25NO2. The highest BCUT2D eigenvalue weighted by atomic mass is 16.5. The molecule has 1 N–H and O–H groups in total. The van der Waals surface area contributed by atoms with Gasteiger partial charge in [0.05, 0.1) is 13.2 Å². The third-order valence-electron chi connectivity index (χ3n) is 3.31. The monoisotopic (exact) mass is 263 g/mol. The summed E-state index contributed by atoms with van der Waals surface area (Å²) in [5.74, 6) is 2.21. The third kappa shape index (κ3) is 5.21. The number of benzene rings is 1. The molecule has 19 heavy (non-hydrogen) atoms. The van der Waals surface area contributed by atoms with Crippen molar-refractivity contribution in [2.45, 2.75) is 26.8 Å². The second kappa shape index (κ2) is 7.51. The van der Waals surface area contributed by atoms with Crippen molar-refractivity contribution in [3.63, 3.8) is 0 Å². The topological polar surface area (TPSA) is 30.5 Å². The van der Waals surface area contributed by atoms with E-state index in [1.54, 1.807) is 0 Å². The lowest BCUT2D eigenvalue weighted by molar-refractivity contribution is 0.167. The second-order valence-corrected chi connectivity index (χ2v) is 5.71. The lowest BCUT2D eigenvalue weighted by Gasteiger charge is -2.11. The third-order valence-corrected chi connectivity index (χ3v) is 3.31. The Bertz CT molecular complexity index is 356. The van der Waals surface area contributed by atoms with Crippen LogP contribution in [0.4, 0.5) is 0 Å². The summed E-state index contributed by atoms with van der Waals surface area (Å²) in [6, 6.07) is 8.38. The minimum Gasteiger partial charge on any atom is -0.493 e. The van der Waals surface area contributed by atoms with Crippen LogP contribution in [0.25, 0.3) is 0 Å². The van der Waals surface area contributed by atoms with Gasteiger partial charge in [-0.15, -0.1) is 0 Å². The standard InChI is InChI=1S/C16H25NO2/c1-13(2)9-17-10-14-3-5-16(6-4-14)19-12-15-7-8-18-11-15/h3-6,13,15,17H,7-12H2,1-2H3. The lowest BCUT2D eigenvalue weighted by atomic mass is 10.1. The minimum atomic E-state index is 0.562. The summed E-state index contributed by atoms with van der Waals surface area (Å²) in [6.07, 6.45) is 1.12. The molecule has 106 valence electrons. The van der Waals surface area contributed by atoms with Crippen LogP contribution in [0, 0.1) is 11.8 Å². The molecule has 0 spiro atoms. The van der Waals surface area contributed by atoms with Crippen LogP contribution in [0.1, 0.15) is 25.8 Å². The Kier molecular flexibility index (Phi) is 5.67. The summed E-state index contributed by atoms with van der Waals surface area (Å²) in [4.78, 5) is 0. The van der Waals surface area contributed by atoms with E-state index >= 15 is 0 Å². The summed E-state index contributed by atoms with van der Waals surface area (Å²) in [5, 5.41) is 3.44. The highest BCUT2D eigenvalue weighted by Gasteiger charge is 2.15. The van der Waals surface area contributed by atoms with Gasteiger partial charge in [0.1, 0.15) is 5.75 Å². The first kappa shape index (κ1) is 14.4. The van der Waals surface area contributed by atoms with Gasteiger partial charge in [-0.2, -0.15) is 0 Å². The first-order chi connectivity index (χ1) is 9.24. The van der Waals surface area contributed by atoms with E-state index in [0.29, 0.717) is 11.8 Å². The fourth-order valence-electron chi connectivity index (χ4n) is 2.14. The van der Waals surface area contributed by atoms with E-state index in [2.05, 4.69) is 43.4 Å². The lowest BCUT2D eigenvalue weighted by Crippen LogP contribution is -2.18. The van der Waals surface area contributed by atoms with E-state index in [0.717, 1.165) is 45.1 Å². The molecule has 1 atom stereocenters. The quantitative estimate of drug-likeness (QED) is 0.820. The van der Waals surface area contributed by atoms with Crippen LogP contribution in [-0.2, 0) is 11.3 Å². The Hall–Kier alpha value is -1.06. The van der Waals surface area contributed by atoms with Gasteiger partial charge >= 0.3 is 0 Å². The molecule has 0 aromatic heterocycles. The molecule has 1 aromatic carbocycles. The van der Waals surface area contributed by atoms with Gasteiger partial charge in [-0.1, -0.05) is 26.0 Å². The van der Waals surface area contributed by atoms with E-state index in [-0.39, 0.29) is 0 Å². The largest absolute Gasteiger partial charge is 0.493 e. The molecule has 1 saturated heterocycles. The molecule has 1 heterocycles. The van der Waals surface area contributed by atoms with Gasteiger partial charge in [0, 0.05) is 19.1 Å². The molecule has 1 aliphatic heterocycles. The maximum absolute atomic E-state index is 5.79. The van der Waals surface area contributed by atoms with Gasteiger partial charge in [0.25, 0.3) is 0 Å². The number of hydrogen-bond donors (Lipinski definition) is 1. The van der Waals surface area contributed by atoms with E-state index in [1.165, 1.54) is 5.56 Å². The van der Waals surface area contributed by atoms with Gasteiger partial charge in [-0.05, 0) is 36.6 Å². The van der Waals surface area contributed by atoms with Crippen LogP contribution < -0.4 is 10.1 Å². The highest BCUT2D eigenvalue weighted by Crippen LogP contribution is 2.17. The molecule has 0 amide bonds. The molecule has 0 saturated carbocycles. The average Bonchev–Trinajstić information content (AvgIpc) is 2.90. The fraction of sp³-hybridized carbons (Fsp3) is 0.625. The molecule has 0 radical (unpaired) electrons. The number of ether oxygens (including phenoxy) is 2. The molecular weight excluding hydrogens is 238 g/mol. The Morgan fingerprint density at radius 1 is 1.32 bits per heavy atom. The van der Waals surface area contributed by atoms with Gasteiger partial charge < -0.3 is 14.8 Å². The summed E-state index contributed by atoms with van der Waals surface area (Å²) in [7, 11) is 0. The average molecular weight is 263 g/mol. The van der Waals surface area contributed by atoms with E-state index in [4.69, 9.17) is 9.47 Å². The Morgan fingerprint density at radius 3 is 2.74 bits per heavy atom. The van der Waals surface area contributed by atoms with Gasteiger partial charge in [-0.3, -0.25) is 0 Å². The van der Waals surface area contributed by atoms with E-state index < -0.39 is 0 Å². The van der Waals surface area contributed by atoms with Crippen LogP contribution in [0.2, 0.25) is 0 Å². The second-order valence-electron chi connectivity index (χ2n) is 5.71. The zero-order valence-corrected chi connectivity index (χ0v) is 12.0. The first-order valence-electron chi connectivity index (χ1n) is 7.24. The Morgan fingerprint density at radius 2 is 2.11 bits per heavy atom. The summed E-state index contributed by atoms with van der Waals surface area (Å²) in [6.45, 7) is 8.92. The molecule has 3 heteroatoms. The van der Waals surface area contributed by atoms with Crippen LogP contribution in [0.15, 0.2) is 24.3 Å². The van der Waals surface area contributed by atoms with Crippen molar-refractivity contribution in [2.24, 2.45) is 11.8 Å². The van der Waals surface area contributed by atoms with Crippen molar-refractivity contribution >= 4 is 0 Å². The predicted octanol–water partition coefficient (Wildman–Crippen LogP) is 2.85. The van der Waals surface area contributed by atoms with Crippen LogP contribution >= 0.6 is 0 Å². The number of hydrogen-bond acceptors (Lipinski definition) is 3. The molecule has 0 bridgehead atoms. The number of rotatable bonds is 7. The number of nitrogens with one attached hydrogen (secondary N) is 1. The molecule has 1 aromatic rings. The van der Waals surface area contributed by atoms with Crippen molar-refractivity contribution < 1.29 is 9.47 Å². The zero-order valence-electron chi connectivity index (χ0n) is 12.0. The van der Waals surface area contributed by atoms with Gasteiger partial charge in [-0.25, -0.2) is 0 Å². The molecule has 2 rings (SSSR count). The van der Waals surface area contributed by atoms with Gasteiger partial charge in [0.2, 0.25) is 0 Å². The maximum Gasteiger partial charge on any atom is 0.119 e. The predicted molar refractivity (Wildman–Crippen MR) is 77.4 cm³/mol. The van der Waals surface area contributed by atoms with Crippen molar-refractivity contribution in [2.75, 3.05) is 26.4 Å². The van der Waals surface area contributed by atoms with E-state index in [9.17, 15) is 0 Å². The van der Waals surface area contributed by atoms with E-state index in [1.807, 2.05) is 0 Å². The van der Waals surface area contributed by atoms with Crippen LogP contribution in [-0.4, -0.2) is 26.4 Å². The Balaban J connectivity index is 1.71. The normalized spacial score (nSPS) is 19.0. The molecule has 0 aliphatic carbocycles. The minimum absolute atomic E-state index is 0.562. The molecule has 3 nitrogen and oxygen atoms in total. The zero-order chi connectivity index (χ0) is 13.5. The highest BCUT2D eigenvalue weighted by molar-refractivity contribution is 5.27. The Labute approximate surface area is 116 Å². The smallest absolute Gasteiger partial charge is 0.119 e. The van der Waals surface area contributed by atoms with Crippen molar-refractivity contribution in [1.82, 2.24) is 5.32 Å². The van der Waals surface area contributed by atoms with Gasteiger partial charge in [0.15, 0.2) is 0 Å². The summed E-state index contributed by atoms with van der Waals surface area (Å²) < 4.78 is 11.1. The molecule has 1 fully saturated rings. The van der Waals surface area contributed by atoms with Crippen molar-refractivity contribution in [3.8, 4) is 5.75 Å². The summed E-state index contributed by atoms with van der Waals surface area (Å²) in [5.41, 5.74) is 1.30. The van der Waals surface area contributed by atoms with Crippen LogP contribution in [0.5, 0.6) is 5.75 Å². The van der Waals surface area contributed by atoms with Crippen molar-refractivity contribution in [3.05, 3.63) is 29.8 Å². The summed E-state index contributed by atoms with van der Waals surface area (Å²) >= 11 is 0. The first-order valence-corrected chi connectivity index (χ1v) is 7.24.